The van der Waals surface area contributed by atoms with Crippen LogP contribution >= 0.6 is 23.1 Å². The molecule has 0 saturated heterocycles. The zero-order valence-corrected chi connectivity index (χ0v) is 18.3. The smallest absolute Gasteiger partial charge is 0.336 e. The van der Waals surface area contributed by atoms with Crippen LogP contribution in [0.5, 0.6) is 0 Å². The summed E-state index contributed by atoms with van der Waals surface area (Å²) in [7, 11) is 0. The van der Waals surface area contributed by atoms with Crippen LogP contribution in [-0.2, 0) is 0 Å². The van der Waals surface area contributed by atoms with Crippen molar-refractivity contribution >= 4 is 34.1 Å². The minimum Gasteiger partial charge on any atom is -0.423 e. The molecule has 0 atom stereocenters. The first kappa shape index (κ1) is 19.3. The third kappa shape index (κ3) is 3.94. The molecule has 0 N–H and O–H groups in total. The number of hydrogen-bond donors (Lipinski definition) is 0. The quantitative estimate of drug-likeness (QED) is 0.294. The maximum Gasteiger partial charge on any atom is 0.336 e. The molecule has 3 nitrogen and oxygen atoms in total. The molecule has 0 bridgehead atoms. The van der Waals surface area contributed by atoms with E-state index in [2.05, 4.69) is 11.2 Å². The van der Waals surface area contributed by atoms with Crippen LogP contribution in [0.1, 0.15) is 36.5 Å². The van der Waals surface area contributed by atoms with Crippen molar-refractivity contribution in [3.05, 3.63) is 75.8 Å². The van der Waals surface area contributed by atoms with E-state index in [4.69, 9.17) is 4.42 Å². The first-order chi connectivity index (χ1) is 15.1. The fourth-order valence-electron chi connectivity index (χ4n) is 4.41. The number of fused-ring (bicyclic) bond motifs is 1. The number of rotatable bonds is 6. The van der Waals surface area contributed by atoms with E-state index in [1.54, 1.807) is 35.2 Å². The van der Waals surface area contributed by atoms with Crippen molar-refractivity contribution < 1.29 is 8.81 Å². The van der Waals surface area contributed by atoms with Gasteiger partial charge in [-0.15, -0.1) is 11.3 Å². The van der Waals surface area contributed by atoms with Crippen molar-refractivity contribution in [2.45, 2.75) is 40.8 Å². The van der Waals surface area contributed by atoms with E-state index >= 15 is 0 Å². The minimum absolute atomic E-state index is 0.303. The normalized spacial score (nSPS) is 16.3. The number of nitrogens with zero attached hydrogens (tertiary/aromatic N) is 1. The number of aromatic nitrogens is 1. The Kier molecular flexibility index (Phi) is 4.73. The summed E-state index contributed by atoms with van der Waals surface area (Å²) in [5.74, 6) is 2.14. The minimum atomic E-state index is -0.415. The second-order valence-electron chi connectivity index (χ2n) is 8.48. The number of halogens is 1. The predicted octanol–water partition coefficient (Wildman–Crippen LogP) is 7.11. The Labute approximate surface area is 187 Å². The highest BCUT2D eigenvalue weighted by Crippen LogP contribution is 2.56. The van der Waals surface area contributed by atoms with Crippen molar-refractivity contribution in [1.29, 1.82) is 0 Å². The van der Waals surface area contributed by atoms with E-state index < -0.39 is 5.63 Å². The number of hydrogen-bond acceptors (Lipinski definition) is 5. The van der Waals surface area contributed by atoms with E-state index in [9.17, 15) is 9.18 Å². The summed E-state index contributed by atoms with van der Waals surface area (Å²) < 4.78 is 19.8. The summed E-state index contributed by atoms with van der Waals surface area (Å²) in [6.07, 6.45) is 7.52. The molecule has 31 heavy (non-hydrogen) atoms. The molecule has 2 fully saturated rings. The van der Waals surface area contributed by atoms with Crippen LogP contribution in [0.4, 0.5) is 4.39 Å². The van der Waals surface area contributed by atoms with Gasteiger partial charge in [-0.3, -0.25) is 0 Å². The van der Waals surface area contributed by atoms with Gasteiger partial charge in [-0.05, 0) is 79.0 Å². The molecular weight excluding hydrogens is 429 g/mol. The lowest BCUT2D eigenvalue weighted by Gasteiger charge is -2.11. The SMILES string of the molecule is O=c1cc(-c2ccc(F)cc2)c2ccc(Sc3ncc(C(C4CC4)C4CC4)s3)cc2o1. The lowest BCUT2D eigenvalue weighted by molar-refractivity contribution is 0.546. The van der Waals surface area contributed by atoms with Crippen LogP contribution in [0, 0.1) is 17.7 Å². The van der Waals surface area contributed by atoms with Crippen LogP contribution in [0.25, 0.3) is 22.1 Å². The maximum absolute atomic E-state index is 13.3. The van der Waals surface area contributed by atoms with Gasteiger partial charge in [-0.2, -0.15) is 0 Å². The average molecular weight is 450 g/mol. The molecule has 0 amide bonds. The second kappa shape index (κ2) is 7.61. The van der Waals surface area contributed by atoms with E-state index in [-0.39, 0.29) is 5.82 Å². The third-order valence-electron chi connectivity index (χ3n) is 6.17. The summed E-state index contributed by atoms with van der Waals surface area (Å²) in [6, 6.07) is 13.5. The Morgan fingerprint density at radius 3 is 2.48 bits per heavy atom. The van der Waals surface area contributed by atoms with Crippen molar-refractivity contribution in [2.24, 2.45) is 11.8 Å². The molecule has 6 rings (SSSR count). The molecule has 0 unspecified atom stereocenters. The molecule has 2 aliphatic carbocycles. The highest BCUT2D eigenvalue weighted by Gasteiger charge is 2.43. The van der Waals surface area contributed by atoms with Crippen LogP contribution in [0.15, 0.2) is 73.2 Å². The first-order valence-corrected chi connectivity index (χ1v) is 12.2. The Bertz CT molecular complexity index is 1310. The zero-order chi connectivity index (χ0) is 20.9. The first-order valence-electron chi connectivity index (χ1n) is 10.6. The van der Waals surface area contributed by atoms with Gasteiger partial charge in [-0.25, -0.2) is 14.2 Å². The van der Waals surface area contributed by atoms with Gasteiger partial charge in [0.05, 0.1) is 0 Å². The summed E-state index contributed by atoms with van der Waals surface area (Å²) in [4.78, 5) is 19.3. The molecular formula is C25H20FNO2S2. The summed E-state index contributed by atoms with van der Waals surface area (Å²) >= 11 is 3.42. The zero-order valence-electron chi connectivity index (χ0n) is 16.7. The molecule has 6 heteroatoms. The van der Waals surface area contributed by atoms with Gasteiger partial charge >= 0.3 is 5.63 Å². The van der Waals surface area contributed by atoms with Gasteiger partial charge in [-0.1, -0.05) is 23.9 Å². The Balaban J connectivity index is 1.31. The lowest BCUT2D eigenvalue weighted by atomic mass is 9.97. The summed E-state index contributed by atoms with van der Waals surface area (Å²) in [6.45, 7) is 0. The van der Waals surface area contributed by atoms with Crippen molar-refractivity contribution in [3.63, 3.8) is 0 Å². The van der Waals surface area contributed by atoms with E-state index in [0.717, 1.165) is 37.6 Å². The molecule has 0 spiro atoms. The molecule has 4 aromatic rings. The molecule has 156 valence electrons. The predicted molar refractivity (Wildman–Crippen MR) is 122 cm³/mol. The standard InChI is InChI=1S/C25H20FNO2S2/c26-17-7-5-14(6-8-17)20-12-23(28)29-21-11-18(9-10-19(20)21)30-25-27-13-22(31-25)24(15-1-2-15)16-3-4-16/h5-13,15-16,24H,1-4H2. The molecule has 2 aliphatic rings. The molecule has 0 aliphatic heterocycles. The Morgan fingerprint density at radius 2 is 1.77 bits per heavy atom. The topological polar surface area (TPSA) is 43.1 Å². The fraction of sp³-hybridized carbons (Fsp3) is 0.280. The van der Waals surface area contributed by atoms with Gasteiger partial charge in [0.2, 0.25) is 0 Å². The van der Waals surface area contributed by atoms with Crippen LogP contribution in [-0.4, -0.2) is 4.98 Å². The van der Waals surface area contributed by atoms with Gasteiger partial charge < -0.3 is 4.42 Å². The third-order valence-corrected chi connectivity index (χ3v) is 8.33. The largest absolute Gasteiger partial charge is 0.423 e. The molecule has 2 aromatic heterocycles. The molecule has 2 heterocycles. The van der Waals surface area contributed by atoms with E-state index in [1.807, 2.05) is 18.2 Å². The van der Waals surface area contributed by atoms with E-state index in [1.165, 1.54) is 48.8 Å². The second-order valence-corrected chi connectivity index (χ2v) is 10.9. The monoisotopic (exact) mass is 449 g/mol. The lowest BCUT2D eigenvalue weighted by Crippen LogP contribution is -2.00. The highest BCUT2D eigenvalue weighted by molar-refractivity contribution is 8.01. The Hall–Kier alpha value is -2.44. The van der Waals surface area contributed by atoms with Crippen LogP contribution < -0.4 is 5.63 Å². The van der Waals surface area contributed by atoms with E-state index in [0.29, 0.717) is 11.5 Å². The number of thiazole rings is 1. The highest BCUT2D eigenvalue weighted by atomic mass is 32.2. The molecule has 0 radical (unpaired) electrons. The van der Waals surface area contributed by atoms with Gasteiger partial charge in [0, 0.05) is 33.3 Å². The fourth-order valence-corrected chi connectivity index (χ4v) is 6.69. The van der Waals surface area contributed by atoms with Gasteiger partial charge in [0.15, 0.2) is 4.34 Å². The number of benzene rings is 2. The van der Waals surface area contributed by atoms with Crippen LogP contribution in [0.3, 0.4) is 0 Å². The van der Waals surface area contributed by atoms with Crippen molar-refractivity contribution in [3.8, 4) is 11.1 Å². The van der Waals surface area contributed by atoms with Gasteiger partial charge in [0.1, 0.15) is 11.4 Å². The molecule has 2 aromatic carbocycles. The average Bonchev–Trinajstić information content (AvgIpc) is 3.69. The molecule has 2 saturated carbocycles. The summed E-state index contributed by atoms with van der Waals surface area (Å²) in [5, 5.41) is 0.831. The summed E-state index contributed by atoms with van der Waals surface area (Å²) in [5.41, 5.74) is 1.65. The van der Waals surface area contributed by atoms with Crippen LogP contribution in [0.2, 0.25) is 0 Å². The van der Waals surface area contributed by atoms with Crippen molar-refractivity contribution in [2.75, 3.05) is 0 Å². The van der Waals surface area contributed by atoms with Gasteiger partial charge in [0.25, 0.3) is 0 Å². The maximum atomic E-state index is 13.3. The Morgan fingerprint density at radius 1 is 1.03 bits per heavy atom. The van der Waals surface area contributed by atoms with Crippen molar-refractivity contribution in [1.82, 2.24) is 4.98 Å².